The van der Waals surface area contributed by atoms with E-state index in [4.69, 9.17) is 16.3 Å². The van der Waals surface area contributed by atoms with Crippen molar-refractivity contribution in [2.45, 2.75) is 13.8 Å². The Balaban J connectivity index is 2.46. The summed E-state index contributed by atoms with van der Waals surface area (Å²) in [6, 6.07) is 7.94. The second-order valence-corrected chi connectivity index (χ2v) is 3.51. The van der Waals surface area contributed by atoms with Crippen LogP contribution < -0.4 is 4.74 Å². The maximum atomic E-state index is 5.65. The van der Waals surface area contributed by atoms with Gasteiger partial charge in [-0.15, -0.1) is 0 Å². The SMILES string of the molecule is CC(Cl)=CCOc1ccc(C)cc1. The lowest BCUT2D eigenvalue weighted by Crippen LogP contribution is -1.93. The van der Waals surface area contributed by atoms with Crippen molar-refractivity contribution in [3.05, 3.63) is 40.9 Å². The van der Waals surface area contributed by atoms with Crippen molar-refractivity contribution in [1.29, 1.82) is 0 Å². The highest BCUT2D eigenvalue weighted by molar-refractivity contribution is 6.29. The van der Waals surface area contributed by atoms with Crippen LogP contribution in [0.15, 0.2) is 35.4 Å². The average Bonchev–Trinajstić information content (AvgIpc) is 2.08. The number of rotatable bonds is 3. The highest BCUT2D eigenvalue weighted by Gasteiger charge is 1.90. The number of aryl methyl sites for hydroxylation is 1. The van der Waals surface area contributed by atoms with Crippen LogP contribution in [0.4, 0.5) is 0 Å². The molecule has 0 unspecified atom stereocenters. The lowest BCUT2D eigenvalue weighted by atomic mass is 10.2. The van der Waals surface area contributed by atoms with Gasteiger partial charge in [-0.1, -0.05) is 29.3 Å². The topological polar surface area (TPSA) is 9.23 Å². The summed E-state index contributed by atoms with van der Waals surface area (Å²) in [5.41, 5.74) is 1.23. The van der Waals surface area contributed by atoms with Crippen LogP contribution >= 0.6 is 11.6 Å². The van der Waals surface area contributed by atoms with Gasteiger partial charge in [-0.2, -0.15) is 0 Å². The fraction of sp³-hybridized carbons (Fsp3) is 0.273. The summed E-state index contributed by atoms with van der Waals surface area (Å²) >= 11 is 5.65. The van der Waals surface area contributed by atoms with Crippen LogP contribution in [0.25, 0.3) is 0 Å². The van der Waals surface area contributed by atoms with Crippen LogP contribution in [0.1, 0.15) is 12.5 Å². The van der Waals surface area contributed by atoms with Gasteiger partial charge in [-0.25, -0.2) is 0 Å². The van der Waals surface area contributed by atoms with Crippen LogP contribution in [-0.4, -0.2) is 6.61 Å². The number of allylic oxidation sites excluding steroid dienone is 1. The second-order valence-electron chi connectivity index (χ2n) is 2.91. The van der Waals surface area contributed by atoms with Gasteiger partial charge in [-0.05, 0) is 32.1 Å². The number of hydrogen-bond donors (Lipinski definition) is 0. The third-order valence-corrected chi connectivity index (χ3v) is 1.79. The van der Waals surface area contributed by atoms with Crippen LogP contribution in [0.3, 0.4) is 0 Å². The van der Waals surface area contributed by atoms with Crippen LogP contribution in [0, 0.1) is 6.92 Å². The largest absolute Gasteiger partial charge is 0.489 e. The molecular formula is C11H13ClO. The molecule has 1 aromatic rings. The molecule has 0 fully saturated rings. The molecule has 0 amide bonds. The molecule has 1 rings (SSSR count). The summed E-state index contributed by atoms with van der Waals surface area (Å²) in [6.45, 7) is 4.41. The molecular weight excluding hydrogens is 184 g/mol. The minimum atomic E-state index is 0.526. The smallest absolute Gasteiger partial charge is 0.119 e. The van der Waals surface area contributed by atoms with Gasteiger partial charge in [0.25, 0.3) is 0 Å². The molecule has 2 heteroatoms. The second kappa shape index (κ2) is 4.93. The third kappa shape index (κ3) is 4.00. The number of halogens is 1. The van der Waals surface area contributed by atoms with Gasteiger partial charge < -0.3 is 4.74 Å². The predicted molar refractivity (Wildman–Crippen MR) is 56.3 cm³/mol. The minimum absolute atomic E-state index is 0.526. The molecule has 0 spiro atoms. The predicted octanol–water partition coefficient (Wildman–Crippen LogP) is 3.52. The molecule has 0 radical (unpaired) electrons. The zero-order chi connectivity index (χ0) is 9.68. The Kier molecular flexibility index (Phi) is 3.84. The fourth-order valence-electron chi connectivity index (χ4n) is 0.887. The highest BCUT2D eigenvalue weighted by atomic mass is 35.5. The lowest BCUT2D eigenvalue weighted by molar-refractivity contribution is 0.362. The van der Waals surface area contributed by atoms with Gasteiger partial charge in [0.1, 0.15) is 12.4 Å². The summed E-state index contributed by atoms with van der Waals surface area (Å²) in [5, 5.41) is 0.757. The minimum Gasteiger partial charge on any atom is -0.489 e. The van der Waals surface area contributed by atoms with Gasteiger partial charge in [0, 0.05) is 5.03 Å². The average molecular weight is 197 g/mol. The van der Waals surface area contributed by atoms with Crippen LogP contribution in [-0.2, 0) is 0 Å². The van der Waals surface area contributed by atoms with Gasteiger partial charge in [0.15, 0.2) is 0 Å². The number of ether oxygens (including phenoxy) is 1. The molecule has 1 nitrogen and oxygen atoms in total. The molecule has 0 aromatic heterocycles. The van der Waals surface area contributed by atoms with Gasteiger partial charge in [0.2, 0.25) is 0 Å². The summed E-state index contributed by atoms with van der Waals surface area (Å²) in [7, 11) is 0. The quantitative estimate of drug-likeness (QED) is 0.719. The van der Waals surface area contributed by atoms with E-state index in [1.807, 2.05) is 44.2 Å². The van der Waals surface area contributed by atoms with E-state index in [-0.39, 0.29) is 0 Å². The van der Waals surface area contributed by atoms with Crippen molar-refractivity contribution < 1.29 is 4.74 Å². The molecule has 0 aliphatic rings. The lowest BCUT2D eigenvalue weighted by Gasteiger charge is -2.02. The van der Waals surface area contributed by atoms with Crippen molar-refractivity contribution in [3.63, 3.8) is 0 Å². The van der Waals surface area contributed by atoms with Crippen molar-refractivity contribution in [2.24, 2.45) is 0 Å². The number of hydrogen-bond acceptors (Lipinski definition) is 1. The van der Waals surface area contributed by atoms with E-state index in [2.05, 4.69) is 0 Å². The van der Waals surface area contributed by atoms with Gasteiger partial charge in [-0.3, -0.25) is 0 Å². The van der Waals surface area contributed by atoms with E-state index in [1.165, 1.54) is 5.56 Å². The monoisotopic (exact) mass is 196 g/mol. The molecule has 13 heavy (non-hydrogen) atoms. The Morgan fingerprint density at radius 1 is 1.38 bits per heavy atom. The standard InChI is InChI=1S/C11H13ClO/c1-9-3-5-11(6-4-9)13-8-7-10(2)12/h3-7H,8H2,1-2H3. The molecule has 0 N–H and O–H groups in total. The van der Waals surface area contributed by atoms with E-state index in [9.17, 15) is 0 Å². The van der Waals surface area contributed by atoms with E-state index < -0.39 is 0 Å². The fourth-order valence-corrected chi connectivity index (χ4v) is 0.950. The molecule has 70 valence electrons. The Hall–Kier alpha value is -0.950. The van der Waals surface area contributed by atoms with E-state index >= 15 is 0 Å². The Morgan fingerprint density at radius 2 is 2.00 bits per heavy atom. The zero-order valence-corrected chi connectivity index (χ0v) is 8.64. The maximum absolute atomic E-state index is 5.65. The first kappa shape index (κ1) is 10.1. The highest BCUT2D eigenvalue weighted by Crippen LogP contribution is 2.11. The third-order valence-electron chi connectivity index (χ3n) is 1.64. The van der Waals surface area contributed by atoms with Crippen molar-refractivity contribution in [2.75, 3.05) is 6.61 Å². The molecule has 0 heterocycles. The summed E-state index contributed by atoms with van der Waals surface area (Å²) in [6.07, 6.45) is 1.83. The van der Waals surface area contributed by atoms with Crippen molar-refractivity contribution >= 4 is 11.6 Å². The Morgan fingerprint density at radius 3 is 2.54 bits per heavy atom. The molecule has 0 atom stereocenters. The first-order valence-corrected chi connectivity index (χ1v) is 4.58. The van der Waals surface area contributed by atoms with Gasteiger partial charge >= 0.3 is 0 Å². The molecule has 0 saturated carbocycles. The van der Waals surface area contributed by atoms with Gasteiger partial charge in [0.05, 0.1) is 0 Å². The first-order chi connectivity index (χ1) is 6.18. The molecule has 0 bridgehead atoms. The number of benzene rings is 1. The normalized spacial score (nSPS) is 11.5. The van der Waals surface area contributed by atoms with Crippen LogP contribution in [0.5, 0.6) is 5.75 Å². The Bertz CT molecular complexity index is 283. The van der Waals surface area contributed by atoms with Crippen molar-refractivity contribution in [3.8, 4) is 5.75 Å². The van der Waals surface area contributed by atoms with E-state index in [0.29, 0.717) is 6.61 Å². The molecule has 0 aliphatic heterocycles. The van der Waals surface area contributed by atoms with E-state index in [1.54, 1.807) is 0 Å². The molecule has 0 saturated heterocycles. The summed E-state index contributed by atoms with van der Waals surface area (Å²) in [5.74, 6) is 0.875. The first-order valence-electron chi connectivity index (χ1n) is 4.20. The van der Waals surface area contributed by atoms with Crippen molar-refractivity contribution in [1.82, 2.24) is 0 Å². The Labute approximate surface area is 84.0 Å². The summed E-state index contributed by atoms with van der Waals surface area (Å²) in [4.78, 5) is 0. The molecule has 0 aliphatic carbocycles. The maximum Gasteiger partial charge on any atom is 0.119 e. The van der Waals surface area contributed by atoms with E-state index in [0.717, 1.165) is 10.8 Å². The zero-order valence-electron chi connectivity index (χ0n) is 7.88. The molecule has 1 aromatic carbocycles. The van der Waals surface area contributed by atoms with Crippen LogP contribution in [0.2, 0.25) is 0 Å². The summed E-state index contributed by atoms with van der Waals surface area (Å²) < 4.78 is 5.41.